The maximum Gasteiger partial charge on any atom is 0.262 e. The van der Waals surface area contributed by atoms with Crippen LogP contribution in [0, 0.1) is 0 Å². The van der Waals surface area contributed by atoms with Crippen LogP contribution >= 0.6 is 0 Å². The minimum atomic E-state index is -0.934. The molecule has 8 heteroatoms. The van der Waals surface area contributed by atoms with Crippen LogP contribution in [0.25, 0.3) is 0 Å². The number of fused-ring (bicyclic) bond motifs is 1. The Morgan fingerprint density at radius 3 is 2.43 bits per heavy atom. The van der Waals surface area contributed by atoms with Crippen LogP contribution in [0.3, 0.4) is 0 Å². The average Bonchev–Trinajstić information content (AvgIpc) is 2.93. The molecule has 4 rings (SSSR count). The van der Waals surface area contributed by atoms with Crippen molar-refractivity contribution in [3.8, 4) is 0 Å². The summed E-state index contributed by atoms with van der Waals surface area (Å²) in [4.78, 5) is 54.6. The maximum atomic E-state index is 12.9. The number of carbonyl (C=O) groups excluding carboxylic acids is 4. The van der Waals surface area contributed by atoms with Gasteiger partial charge in [0, 0.05) is 44.8 Å². The molecule has 0 spiro atoms. The van der Waals surface area contributed by atoms with E-state index >= 15 is 0 Å². The summed E-state index contributed by atoms with van der Waals surface area (Å²) in [7, 11) is 0. The number of rotatable bonds is 4. The van der Waals surface area contributed by atoms with E-state index in [2.05, 4.69) is 21.7 Å². The fourth-order valence-corrected chi connectivity index (χ4v) is 4.03. The van der Waals surface area contributed by atoms with Crippen LogP contribution in [-0.4, -0.2) is 72.2 Å². The quantitative estimate of drug-likeness (QED) is 0.599. The number of piperazine rings is 1. The zero-order valence-corrected chi connectivity index (χ0v) is 15.5. The fraction of sp³-hybridized carbons (Fsp3) is 0.400. The van der Waals surface area contributed by atoms with Gasteiger partial charge in [0.05, 0.1) is 11.1 Å². The molecule has 3 aliphatic rings. The number of piperidine rings is 1. The molecule has 0 radical (unpaired) electrons. The van der Waals surface area contributed by atoms with E-state index in [9.17, 15) is 19.2 Å². The molecule has 4 amide bonds. The minimum Gasteiger partial charge on any atom is -0.369 e. The first-order valence-electron chi connectivity index (χ1n) is 9.43. The zero-order chi connectivity index (χ0) is 19.8. The molecule has 3 heterocycles. The van der Waals surface area contributed by atoms with Crippen LogP contribution in [0.5, 0.6) is 0 Å². The Morgan fingerprint density at radius 2 is 1.75 bits per heavy atom. The highest BCUT2D eigenvalue weighted by molar-refractivity contribution is 6.23. The molecule has 1 aromatic rings. The van der Waals surface area contributed by atoms with Crippen LogP contribution in [-0.2, 0) is 9.59 Å². The monoisotopic (exact) mass is 382 g/mol. The van der Waals surface area contributed by atoms with E-state index in [-0.39, 0.29) is 18.7 Å². The predicted molar refractivity (Wildman–Crippen MR) is 102 cm³/mol. The third-order valence-corrected chi connectivity index (χ3v) is 5.55. The third kappa shape index (κ3) is 3.09. The van der Waals surface area contributed by atoms with Gasteiger partial charge in [0.2, 0.25) is 11.8 Å². The van der Waals surface area contributed by atoms with E-state index in [1.165, 1.54) is 0 Å². The first kappa shape index (κ1) is 18.4. The lowest BCUT2D eigenvalue weighted by Gasteiger charge is -2.35. The standard InChI is InChI=1S/C20H22N4O4/c1-2-7-22-8-10-23(11-9-22)13-3-4-14-15(12-13)20(28)24(19(14)27)16-5-6-17(25)21-18(16)26/h2-4,12,16H,1,5-11H2,(H,21,25,26). The van der Waals surface area contributed by atoms with Gasteiger partial charge in [-0.3, -0.25) is 34.3 Å². The number of hydrogen-bond acceptors (Lipinski definition) is 6. The van der Waals surface area contributed by atoms with Crippen molar-refractivity contribution in [3.63, 3.8) is 0 Å². The molecule has 1 N–H and O–H groups in total. The normalized spacial score (nSPS) is 23.1. The van der Waals surface area contributed by atoms with Crippen molar-refractivity contribution in [3.05, 3.63) is 42.0 Å². The van der Waals surface area contributed by atoms with Crippen molar-refractivity contribution in [1.29, 1.82) is 0 Å². The molecule has 1 aromatic carbocycles. The summed E-state index contributed by atoms with van der Waals surface area (Å²) >= 11 is 0. The van der Waals surface area contributed by atoms with Gasteiger partial charge in [-0.15, -0.1) is 6.58 Å². The maximum absolute atomic E-state index is 12.9. The van der Waals surface area contributed by atoms with Crippen molar-refractivity contribution in [2.24, 2.45) is 0 Å². The van der Waals surface area contributed by atoms with E-state index < -0.39 is 23.8 Å². The van der Waals surface area contributed by atoms with Crippen LogP contribution in [0.15, 0.2) is 30.9 Å². The average molecular weight is 382 g/mol. The molecule has 1 atom stereocenters. The van der Waals surface area contributed by atoms with E-state index in [1.54, 1.807) is 12.1 Å². The second-order valence-electron chi connectivity index (χ2n) is 7.25. The van der Waals surface area contributed by atoms with Gasteiger partial charge < -0.3 is 4.90 Å². The number of hydrogen-bond donors (Lipinski definition) is 1. The van der Waals surface area contributed by atoms with Crippen molar-refractivity contribution in [2.45, 2.75) is 18.9 Å². The molecular formula is C20H22N4O4. The minimum absolute atomic E-state index is 0.115. The van der Waals surface area contributed by atoms with Gasteiger partial charge in [0.1, 0.15) is 6.04 Å². The Kier molecular flexibility index (Phi) is 4.72. The molecule has 0 aromatic heterocycles. The van der Waals surface area contributed by atoms with Crippen molar-refractivity contribution in [2.75, 3.05) is 37.6 Å². The molecule has 1 unspecified atom stereocenters. The topological polar surface area (TPSA) is 90.0 Å². The molecule has 0 aliphatic carbocycles. The van der Waals surface area contributed by atoms with E-state index in [4.69, 9.17) is 0 Å². The van der Waals surface area contributed by atoms with Gasteiger partial charge in [-0.2, -0.15) is 0 Å². The summed E-state index contributed by atoms with van der Waals surface area (Å²) in [6.45, 7) is 8.07. The zero-order valence-electron chi connectivity index (χ0n) is 15.5. The first-order valence-corrected chi connectivity index (χ1v) is 9.43. The summed E-state index contributed by atoms with van der Waals surface area (Å²) in [5, 5.41) is 2.21. The number of nitrogens with zero attached hydrogens (tertiary/aromatic N) is 3. The van der Waals surface area contributed by atoms with Crippen LogP contribution in [0.2, 0.25) is 0 Å². The number of benzene rings is 1. The van der Waals surface area contributed by atoms with Crippen LogP contribution < -0.4 is 10.2 Å². The number of amides is 4. The molecule has 2 fully saturated rings. The lowest BCUT2D eigenvalue weighted by Crippen LogP contribution is -2.54. The lowest BCUT2D eigenvalue weighted by atomic mass is 10.0. The first-order chi connectivity index (χ1) is 13.5. The Labute approximate surface area is 162 Å². The van der Waals surface area contributed by atoms with Gasteiger partial charge in [0.25, 0.3) is 11.8 Å². The molecule has 2 saturated heterocycles. The summed E-state index contributed by atoms with van der Waals surface area (Å²) < 4.78 is 0. The van der Waals surface area contributed by atoms with E-state index in [1.807, 2.05) is 12.1 Å². The SMILES string of the molecule is C=CCN1CCN(c2ccc3c(c2)C(=O)N(C2CCC(=O)NC2=O)C3=O)CC1. The van der Waals surface area contributed by atoms with Gasteiger partial charge >= 0.3 is 0 Å². The van der Waals surface area contributed by atoms with Crippen LogP contribution in [0.4, 0.5) is 5.69 Å². The van der Waals surface area contributed by atoms with Gasteiger partial charge in [-0.1, -0.05) is 6.08 Å². The number of nitrogens with one attached hydrogen (secondary N) is 1. The van der Waals surface area contributed by atoms with Crippen molar-refractivity contribution < 1.29 is 19.2 Å². The summed E-state index contributed by atoms with van der Waals surface area (Å²) in [5.74, 6) is -1.92. The molecule has 0 bridgehead atoms. The molecule has 28 heavy (non-hydrogen) atoms. The van der Waals surface area contributed by atoms with Crippen LogP contribution in [0.1, 0.15) is 33.6 Å². The number of carbonyl (C=O) groups is 4. The third-order valence-electron chi connectivity index (χ3n) is 5.55. The highest BCUT2D eigenvalue weighted by atomic mass is 16.2. The predicted octanol–water partition coefficient (Wildman–Crippen LogP) is 0.396. The highest BCUT2D eigenvalue weighted by Crippen LogP contribution is 2.31. The molecule has 146 valence electrons. The van der Waals surface area contributed by atoms with Crippen molar-refractivity contribution in [1.82, 2.24) is 15.1 Å². The van der Waals surface area contributed by atoms with Crippen molar-refractivity contribution >= 4 is 29.3 Å². The molecule has 0 saturated carbocycles. The van der Waals surface area contributed by atoms with E-state index in [0.29, 0.717) is 11.1 Å². The largest absolute Gasteiger partial charge is 0.369 e. The Bertz CT molecular complexity index is 873. The smallest absolute Gasteiger partial charge is 0.262 e. The van der Waals surface area contributed by atoms with Gasteiger partial charge in [0.15, 0.2) is 0 Å². The number of imide groups is 2. The highest BCUT2D eigenvalue weighted by Gasteiger charge is 2.44. The molecular weight excluding hydrogens is 360 g/mol. The summed E-state index contributed by atoms with van der Waals surface area (Å²) in [6.07, 6.45) is 2.16. The van der Waals surface area contributed by atoms with Gasteiger partial charge in [-0.05, 0) is 24.6 Å². The Morgan fingerprint density at radius 1 is 1.04 bits per heavy atom. The second kappa shape index (κ2) is 7.20. The molecule has 3 aliphatic heterocycles. The summed E-state index contributed by atoms with van der Waals surface area (Å²) in [6, 6.07) is 4.31. The Hall–Kier alpha value is -3.00. The number of anilines is 1. The van der Waals surface area contributed by atoms with E-state index in [0.717, 1.165) is 43.3 Å². The second-order valence-corrected chi connectivity index (χ2v) is 7.25. The Balaban J connectivity index is 1.54. The summed E-state index contributed by atoms with van der Waals surface area (Å²) in [5.41, 5.74) is 1.52. The lowest BCUT2D eigenvalue weighted by molar-refractivity contribution is -0.136. The molecule has 8 nitrogen and oxygen atoms in total. The van der Waals surface area contributed by atoms with Gasteiger partial charge in [-0.25, -0.2) is 0 Å². The fourth-order valence-electron chi connectivity index (χ4n) is 4.03.